The summed E-state index contributed by atoms with van der Waals surface area (Å²) < 4.78 is 57.6. The van der Waals surface area contributed by atoms with Gasteiger partial charge in [0, 0.05) is 5.56 Å². The first-order valence-corrected chi connectivity index (χ1v) is 7.03. The molecule has 0 spiro atoms. The minimum absolute atomic E-state index is 0.147. The SMILES string of the molecule is COc1c(Cl)cc(C(=O)Nc2ccc(C)cc2F)cc1C(F)(F)F. The Bertz CT molecular complexity index is 790. The van der Waals surface area contributed by atoms with Gasteiger partial charge >= 0.3 is 6.18 Å². The monoisotopic (exact) mass is 361 g/mol. The molecular weight excluding hydrogens is 350 g/mol. The van der Waals surface area contributed by atoms with Gasteiger partial charge in [-0.05, 0) is 36.8 Å². The standard InChI is InChI=1S/C16H12ClF4NO2/c1-8-3-4-13(12(18)5-8)22-15(23)9-6-10(16(19,20)21)14(24-2)11(17)7-9/h3-7H,1-2H3,(H,22,23). The van der Waals surface area contributed by atoms with Gasteiger partial charge in [0.1, 0.15) is 11.6 Å². The van der Waals surface area contributed by atoms with Crippen molar-refractivity contribution in [1.82, 2.24) is 0 Å². The fourth-order valence-electron chi connectivity index (χ4n) is 2.06. The summed E-state index contributed by atoms with van der Waals surface area (Å²) in [6, 6.07) is 5.69. The van der Waals surface area contributed by atoms with E-state index in [1.54, 1.807) is 13.0 Å². The number of anilines is 1. The van der Waals surface area contributed by atoms with Gasteiger partial charge in [-0.1, -0.05) is 17.7 Å². The molecule has 1 amide bonds. The molecule has 3 nitrogen and oxygen atoms in total. The van der Waals surface area contributed by atoms with Gasteiger partial charge in [0.25, 0.3) is 5.91 Å². The van der Waals surface area contributed by atoms with Gasteiger partial charge in [0.05, 0.1) is 23.4 Å². The predicted octanol–water partition coefficient (Wildman–Crippen LogP) is 5.07. The molecule has 2 rings (SSSR count). The van der Waals surface area contributed by atoms with Crippen molar-refractivity contribution in [3.05, 3.63) is 57.9 Å². The molecule has 0 saturated carbocycles. The molecule has 8 heteroatoms. The second-order valence-electron chi connectivity index (χ2n) is 4.97. The zero-order valence-electron chi connectivity index (χ0n) is 12.6. The Morgan fingerprint density at radius 2 is 1.88 bits per heavy atom. The minimum Gasteiger partial charge on any atom is -0.495 e. The molecule has 2 aromatic rings. The van der Waals surface area contributed by atoms with E-state index in [0.717, 1.165) is 13.2 Å². The number of rotatable bonds is 3. The first-order valence-electron chi connectivity index (χ1n) is 6.65. The second kappa shape index (κ2) is 6.68. The average Bonchev–Trinajstić information content (AvgIpc) is 2.48. The van der Waals surface area contributed by atoms with Crippen LogP contribution in [0.25, 0.3) is 0 Å². The van der Waals surface area contributed by atoms with Crippen molar-refractivity contribution >= 4 is 23.2 Å². The lowest BCUT2D eigenvalue weighted by Crippen LogP contribution is -2.16. The molecule has 0 saturated heterocycles. The van der Waals surface area contributed by atoms with Gasteiger partial charge in [0.2, 0.25) is 0 Å². The van der Waals surface area contributed by atoms with Crippen LogP contribution >= 0.6 is 11.6 Å². The van der Waals surface area contributed by atoms with Crippen molar-refractivity contribution in [2.24, 2.45) is 0 Å². The van der Waals surface area contributed by atoms with Gasteiger partial charge in [-0.2, -0.15) is 13.2 Å². The average molecular weight is 362 g/mol. The van der Waals surface area contributed by atoms with Crippen LogP contribution in [0.1, 0.15) is 21.5 Å². The van der Waals surface area contributed by atoms with Gasteiger partial charge in [-0.25, -0.2) is 4.39 Å². The first-order chi connectivity index (χ1) is 11.1. The lowest BCUT2D eigenvalue weighted by Gasteiger charge is -2.15. The number of carbonyl (C=O) groups excluding carboxylic acids is 1. The highest BCUT2D eigenvalue weighted by Gasteiger charge is 2.36. The maximum absolute atomic E-state index is 13.8. The number of halogens is 5. The first kappa shape index (κ1) is 18.1. The topological polar surface area (TPSA) is 38.3 Å². The zero-order chi connectivity index (χ0) is 18.1. The van der Waals surface area contributed by atoms with Crippen LogP contribution in [-0.2, 0) is 6.18 Å². The Morgan fingerprint density at radius 3 is 2.42 bits per heavy atom. The molecule has 128 valence electrons. The van der Waals surface area contributed by atoms with E-state index in [4.69, 9.17) is 11.6 Å². The van der Waals surface area contributed by atoms with E-state index < -0.39 is 29.2 Å². The fourth-order valence-corrected chi connectivity index (χ4v) is 2.36. The molecule has 24 heavy (non-hydrogen) atoms. The minimum atomic E-state index is -4.76. The van der Waals surface area contributed by atoms with Crippen molar-refractivity contribution < 1.29 is 27.1 Å². The van der Waals surface area contributed by atoms with Gasteiger partial charge in [-0.3, -0.25) is 4.79 Å². The van der Waals surface area contributed by atoms with Crippen LogP contribution in [-0.4, -0.2) is 13.0 Å². The number of amides is 1. The van der Waals surface area contributed by atoms with Crippen LogP contribution in [0, 0.1) is 12.7 Å². The van der Waals surface area contributed by atoms with E-state index in [1.807, 2.05) is 0 Å². The highest BCUT2D eigenvalue weighted by atomic mass is 35.5. The molecule has 0 fully saturated rings. The van der Waals surface area contributed by atoms with Crippen molar-refractivity contribution in [2.75, 3.05) is 12.4 Å². The van der Waals surface area contributed by atoms with Gasteiger partial charge in [0.15, 0.2) is 0 Å². The number of nitrogens with one attached hydrogen (secondary N) is 1. The predicted molar refractivity (Wildman–Crippen MR) is 82.1 cm³/mol. The second-order valence-corrected chi connectivity index (χ2v) is 5.38. The van der Waals surface area contributed by atoms with E-state index in [0.29, 0.717) is 11.6 Å². The third kappa shape index (κ3) is 3.79. The third-order valence-corrected chi connectivity index (χ3v) is 3.47. The summed E-state index contributed by atoms with van der Waals surface area (Å²) in [5.41, 5.74) is -1.07. The van der Waals surface area contributed by atoms with Crippen LogP contribution in [0.15, 0.2) is 30.3 Å². The molecule has 0 aliphatic carbocycles. The van der Waals surface area contributed by atoms with Crippen LogP contribution in [0.4, 0.5) is 23.2 Å². The van der Waals surface area contributed by atoms with E-state index >= 15 is 0 Å². The van der Waals surface area contributed by atoms with E-state index in [9.17, 15) is 22.4 Å². The summed E-state index contributed by atoms with van der Waals surface area (Å²) in [6.45, 7) is 1.66. The number of benzene rings is 2. The maximum Gasteiger partial charge on any atom is 0.420 e. The summed E-state index contributed by atoms with van der Waals surface area (Å²) in [5, 5.41) is 1.84. The third-order valence-electron chi connectivity index (χ3n) is 3.19. The quantitative estimate of drug-likeness (QED) is 0.775. The molecule has 1 N–H and O–H groups in total. The number of ether oxygens (including phenoxy) is 1. The smallest absolute Gasteiger partial charge is 0.420 e. The van der Waals surface area contributed by atoms with E-state index in [-0.39, 0.29) is 16.3 Å². The van der Waals surface area contributed by atoms with E-state index in [1.165, 1.54) is 12.1 Å². The summed E-state index contributed by atoms with van der Waals surface area (Å²) >= 11 is 5.76. The number of aryl methyl sites for hydroxylation is 1. The normalized spacial score (nSPS) is 11.3. The summed E-state index contributed by atoms with van der Waals surface area (Å²) in [6.07, 6.45) is -4.76. The zero-order valence-corrected chi connectivity index (χ0v) is 13.3. The van der Waals surface area contributed by atoms with Gasteiger partial charge < -0.3 is 10.1 Å². The maximum atomic E-state index is 13.8. The van der Waals surface area contributed by atoms with Crippen molar-refractivity contribution in [3.63, 3.8) is 0 Å². The summed E-state index contributed by atoms with van der Waals surface area (Å²) in [7, 11) is 1.04. The van der Waals surface area contributed by atoms with E-state index in [2.05, 4.69) is 10.1 Å². The van der Waals surface area contributed by atoms with Crippen LogP contribution in [0.3, 0.4) is 0 Å². The summed E-state index contributed by atoms with van der Waals surface area (Å²) in [4.78, 5) is 12.1. The van der Waals surface area contributed by atoms with Crippen LogP contribution in [0.5, 0.6) is 5.75 Å². The molecule has 0 aliphatic heterocycles. The largest absolute Gasteiger partial charge is 0.495 e. The Kier molecular flexibility index (Phi) is 5.03. The Labute approximate surface area is 140 Å². The highest BCUT2D eigenvalue weighted by molar-refractivity contribution is 6.32. The number of hydrogen-bond acceptors (Lipinski definition) is 2. The van der Waals surface area contributed by atoms with Crippen LogP contribution in [0.2, 0.25) is 5.02 Å². The lowest BCUT2D eigenvalue weighted by molar-refractivity contribution is -0.138. The molecule has 0 aromatic heterocycles. The molecule has 0 radical (unpaired) electrons. The van der Waals surface area contributed by atoms with Crippen molar-refractivity contribution in [3.8, 4) is 5.75 Å². The fraction of sp³-hybridized carbons (Fsp3) is 0.188. The molecular formula is C16H12ClF4NO2. The number of alkyl halides is 3. The summed E-state index contributed by atoms with van der Waals surface area (Å²) in [5.74, 6) is -2.20. The molecule has 0 unspecified atom stereocenters. The molecule has 0 bridgehead atoms. The van der Waals surface area contributed by atoms with Crippen molar-refractivity contribution in [2.45, 2.75) is 13.1 Å². The number of hydrogen-bond donors (Lipinski definition) is 1. The Balaban J connectivity index is 2.41. The molecule has 0 aliphatic rings. The lowest BCUT2D eigenvalue weighted by atomic mass is 10.1. The highest BCUT2D eigenvalue weighted by Crippen LogP contribution is 2.41. The number of carbonyl (C=O) groups is 1. The van der Waals surface area contributed by atoms with Crippen LogP contribution < -0.4 is 10.1 Å². The number of methoxy groups -OCH3 is 1. The Morgan fingerprint density at radius 1 is 1.21 bits per heavy atom. The molecule has 0 atom stereocenters. The molecule has 2 aromatic carbocycles. The Hall–Kier alpha value is -2.28. The van der Waals surface area contributed by atoms with Gasteiger partial charge in [-0.15, -0.1) is 0 Å². The van der Waals surface area contributed by atoms with Crippen molar-refractivity contribution in [1.29, 1.82) is 0 Å². The molecule has 0 heterocycles.